The van der Waals surface area contributed by atoms with Crippen LogP contribution < -0.4 is 5.32 Å². The minimum absolute atomic E-state index is 0.245. The summed E-state index contributed by atoms with van der Waals surface area (Å²) in [5.74, 6) is -0.711. The molecule has 354 valence electrons. The molecule has 0 bridgehead atoms. The van der Waals surface area contributed by atoms with E-state index >= 15 is 0 Å². The lowest BCUT2D eigenvalue weighted by molar-refractivity contribution is -0.303. The van der Waals surface area contributed by atoms with Gasteiger partial charge < -0.3 is 50.5 Å². The smallest absolute Gasteiger partial charge is 0.249 e. The number of hydrogen-bond donors (Lipinski definition) is 8. The second-order valence-electron chi connectivity index (χ2n) is 17.5. The van der Waals surface area contributed by atoms with Crippen LogP contribution in [-0.2, 0) is 14.3 Å². The molecule has 0 aromatic rings. The Morgan fingerprint density at radius 2 is 1.05 bits per heavy atom. The third-order valence-electron chi connectivity index (χ3n) is 12.1. The summed E-state index contributed by atoms with van der Waals surface area (Å²) in [6, 6.07) is -1.19. The molecule has 11 heteroatoms. The van der Waals surface area contributed by atoms with Gasteiger partial charge in [0.25, 0.3) is 0 Å². The summed E-state index contributed by atoms with van der Waals surface area (Å²) in [5, 5.41) is 75.4. The van der Waals surface area contributed by atoms with E-state index in [2.05, 4.69) is 24.4 Å². The molecule has 1 saturated heterocycles. The molecule has 1 aliphatic rings. The van der Waals surface area contributed by atoms with Crippen LogP contribution in [0.5, 0.6) is 0 Å². The fraction of sp³-hybridized carbons (Fsp3) is 0.898. The molecule has 9 unspecified atom stereocenters. The van der Waals surface area contributed by atoms with Gasteiger partial charge in [0.15, 0.2) is 6.29 Å². The Morgan fingerprint density at radius 3 is 1.52 bits per heavy atom. The summed E-state index contributed by atoms with van der Waals surface area (Å²) in [5.41, 5.74) is 0. The molecule has 1 amide bonds. The Balaban J connectivity index is 2.26. The summed E-state index contributed by atoms with van der Waals surface area (Å²) in [6.45, 7) is 3.18. The van der Waals surface area contributed by atoms with Crippen LogP contribution in [0.15, 0.2) is 24.3 Å². The van der Waals surface area contributed by atoms with Gasteiger partial charge in [0, 0.05) is 0 Å². The van der Waals surface area contributed by atoms with Crippen LogP contribution in [0.4, 0.5) is 0 Å². The topological polar surface area (TPSA) is 189 Å². The average molecular weight is 856 g/mol. The van der Waals surface area contributed by atoms with E-state index in [4.69, 9.17) is 9.47 Å². The molecular weight excluding hydrogens is 763 g/mol. The first-order valence-corrected chi connectivity index (χ1v) is 24.7. The summed E-state index contributed by atoms with van der Waals surface area (Å²) < 4.78 is 11.0. The standard InChI is InChI=1S/C49H93NO10/c1-3-5-7-9-11-13-14-15-16-17-18-19-20-21-22-23-24-25-26-27-28-29-31-33-35-37-42(53)48(58)50-40(39-59-49-47(57)46(56)45(55)43(38-51)60-49)44(54)41(52)36-34-32-30-12-10-8-6-4-2/h4,6,12,30,40-47,49,51-57H,3,5,7-11,13-29,31-39H2,1-2H3,(H,50,58)/b6-4+,30-12+. The van der Waals surface area contributed by atoms with Gasteiger partial charge in [-0.15, -0.1) is 0 Å². The highest BCUT2D eigenvalue weighted by Gasteiger charge is 2.44. The lowest BCUT2D eigenvalue weighted by Crippen LogP contribution is -2.60. The molecule has 11 nitrogen and oxygen atoms in total. The summed E-state index contributed by atoms with van der Waals surface area (Å²) in [6.07, 6.45) is 32.9. The summed E-state index contributed by atoms with van der Waals surface area (Å²) in [4.78, 5) is 13.1. The van der Waals surface area contributed by atoms with Gasteiger partial charge in [0.05, 0.1) is 25.4 Å². The van der Waals surface area contributed by atoms with E-state index in [-0.39, 0.29) is 12.8 Å². The van der Waals surface area contributed by atoms with Crippen LogP contribution in [0, 0.1) is 0 Å². The molecule has 0 aromatic carbocycles. The summed E-state index contributed by atoms with van der Waals surface area (Å²) >= 11 is 0. The van der Waals surface area contributed by atoms with E-state index in [9.17, 15) is 40.5 Å². The number of aliphatic hydroxyl groups excluding tert-OH is 7. The zero-order valence-electron chi connectivity index (χ0n) is 38.2. The third-order valence-corrected chi connectivity index (χ3v) is 12.1. The summed E-state index contributed by atoms with van der Waals surface area (Å²) in [7, 11) is 0. The molecule has 0 saturated carbocycles. The quantitative estimate of drug-likeness (QED) is 0.0218. The zero-order valence-corrected chi connectivity index (χ0v) is 38.2. The third kappa shape index (κ3) is 28.3. The maximum Gasteiger partial charge on any atom is 0.249 e. The minimum Gasteiger partial charge on any atom is -0.394 e. The van der Waals surface area contributed by atoms with Crippen LogP contribution in [0.1, 0.15) is 213 Å². The van der Waals surface area contributed by atoms with Crippen molar-refractivity contribution >= 4 is 5.91 Å². The fourth-order valence-electron chi connectivity index (χ4n) is 7.99. The zero-order chi connectivity index (χ0) is 44.1. The lowest BCUT2D eigenvalue weighted by Gasteiger charge is -2.40. The van der Waals surface area contributed by atoms with Crippen molar-refractivity contribution in [1.29, 1.82) is 0 Å². The number of rotatable bonds is 41. The highest BCUT2D eigenvalue weighted by molar-refractivity contribution is 5.80. The molecule has 1 rings (SSSR count). The molecule has 0 spiro atoms. The molecule has 0 radical (unpaired) electrons. The molecule has 9 atom stereocenters. The largest absolute Gasteiger partial charge is 0.394 e. The highest BCUT2D eigenvalue weighted by Crippen LogP contribution is 2.23. The van der Waals surface area contributed by atoms with Crippen LogP contribution >= 0.6 is 0 Å². The monoisotopic (exact) mass is 856 g/mol. The molecule has 8 N–H and O–H groups in total. The Bertz CT molecular complexity index is 1030. The Morgan fingerprint density at radius 1 is 0.600 bits per heavy atom. The van der Waals surface area contributed by atoms with Gasteiger partial charge in [-0.3, -0.25) is 4.79 Å². The molecular formula is C49H93NO10. The first-order chi connectivity index (χ1) is 29.2. The van der Waals surface area contributed by atoms with Crippen LogP contribution in [0.2, 0.25) is 0 Å². The van der Waals surface area contributed by atoms with Gasteiger partial charge in [-0.1, -0.05) is 192 Å². The first-order valence-electron chi connectivity index (χ1n) is 24.7. The fourth-order valence-corrected chi connectivity index (χ4v) is 7.99. The van der Waals surface area contributed by atoms with Gasteiger partial charge in [-0.2, -0.15) is 0 Å². The van der Waals surface area contributed by atoms with Gasteiger partial charge >= 0.3 is 0 Å². The molecule has 0 aromatic heterocycles. The molecule has 0 aliphatic carbocycles. The highest BCUT2D eigenvalue weighted by atomic mass is 16.7. The van der Waals surface area contributed by atoms with Gasteiger partial charge in [0.1, 0.15) is 36.6 Å². The van der Waals surface area contributed by atoms with Crippen molar-refractivity contribution < 1.29 is 50.0 Å². The SMILES string of the molecule is C/C=C/CC/C=C/CCCC(O)C(O)C(COC1OC(CO)C(O)C(O)C1O)NC(=O)C(O)CCCCCCCCCCCCCCCCCCCCCCCCCCC. The van der Waals surface area contributed by atoms with Crippen molar-refractivity contribution in [1.82, 2.24) is 5.32 Å². The second-order valence-corrected chi connectivity index (χ2v) is 17.5. The van der Waals surface area contributed by atoms with E-state index in [1.54, 1.807) is 0 Å². The maximum atomic E-state index is 13.1. The van der Waals surface area contributed by atoms with E-state index in [0.717, 1.165) is 32.1 Å². The number of unbranched alkanes of at least 4 members (excludes halogenated alkanes) is 26. The molecule has 1 aliphatic heterocycles. The number of aliphatic hydroxyl groups is 7. The number of ether oxygens (including phenoxy) is 2. The first kappa shape index (κ1) is 56.6. The van der Waals surface area contributed by atoms with Crippen LogP contribution in [0.25, 0.3) is 0 Å². The average Bonchev–Trinajstić information content (AvgIpc) is 3.25. The van der Waals surface area contributed by atoms with Crippen molar-refractivity contribution in [3.05, 3.63) is 24.3 Å². The number of carbonyl (C=O) groups excluding carboxylic acids is 1. The van der Waals surface area contributed by atoms with Gasteiger partial charge in [-0.25, -0.2) is 0 Å². The molecule has 60 heavy (non-hydrogen) atoms. The minimum atomic E-state index is -1.67. The molecule has 1 fully saturated rings. The van der Waals surface area contributed by atoms with Crippen LogP contribution in [0.3, 0.4) is 0 Å². The predicted molar refractivity (Wildman–Crippen MR) is 242 cm³/mol. The van der Waals surface area contributed by atoms with Crippen molar-refractivity contribution in [2.24, 2.45) is 0 Å². The van der Waals surface area contributed by atoms with Crippen molar-refractivity contribution in [2.75, 3.05) is 13.2 Å². The van der Waals surface area contributed by atoms with E-state index in [0.29, 0.717) is 19.3 Å². The predicted octanol–water partition coefficient (Wildman–Crippen LogP) is 8.62. The number of amides is 1. The molecule has 1 heterocycles. The number of allylic oxidation sites excluding steroid dienone is 4. The Labute approximate surface area is 365 Å². The van der Waals surface area contributed by atoms with E-state index in [1.165, 1.54) is 135 Å². The van der Waals surface area contributed by atoms with E-state index in [1.807, 2.05) is 19.1 Å². The van der Waals surface area contributed by atoms with Gasteiger partial charge in [-0.05, 0) is 45.4 Å². The van der Waals surface area contributed by atoms with Crippen molar-refractivity contribution in [3.63, 3.8) is 0 Å². The van der Waals surface area contributed by atoms with E-state index < -0.39 is 74.2 Å². The number of nitrogens with one attached hydrogen (secondary N) is 1. The van der Waals surface area contributed by atoms with Crippen molar-refractivity contribution in [3.8, 4) is 0 Å². The Kier molecular flexibility index (Phi) is 37.0. The van der Waals surface area contributed by atoms with Crippen molar-refractivity contribution in [2.45, 2.75) is 268 Å². The normalized spacial score (nSPS) is 21.8. The van der Waals surface area contributed by atoms with Gasteiger partial charge in [0.2, 0.25) is 5.91 Å². The number of hydrogen-bond acceptors (Lipinski definition) is 10. The number of carbonyl (C=O) groups is 1. The Hall–Kier alpha value is -1.41. The maximum absolute atomic E-state index is 13.1. The second kappa shape index (κ2) is 39.2. The lowest BCUT2D eigenvalue weighted by atomic mass is 9.98. The van der Waals surface area contributed by atoms with Crippen LogP contribution in [-0.4, -0.2) is 110 Å².